The van der Waals surface area contributed by atoms with Crippen LogP contribution in [0.3, 0.4) is 0 Å². The number of hydrogen-bond acceptors (Lipinski definition) is 4. The molecule has 2 atom stereocenters. The van der Waals surface area contributed by atoms with Crippen molar-refractivity contribution in [3.63, 3.8) is 0 Å². The molecule has 8 heteroatoms. The molecule has 0 saturated heterocycles. The number of rotatable bonds is 7. The number of imidazole rings is 1. The van der Waals surface area contributed by atoms with Crippen LogP contribution in [-0.4, -0.2) is 37.3 Å². The quantitative estimate of drug-likeness (QED) is 0.682. The van der Waals surface area contributed by atoms with Crippen molar-refractivity contribution >= 4 is 16.0 Å². The lowest BCUT2D eigenvalue weighted by molar-refractivity contribution is -0.128. The summed E-state index contributed by atoms with van der Waals surface area (Å²) in [6, 6.07) is 0. The highest BCUT2D eigenvalue weighted by atomic mass is 32.2. The zero-order chi connectivity index (χ0) is 16.7. The third kappa shape index (κ3) is 2.83. The van der Waals surface area contributed by atoms with Crippen LogP contribution in [0.5, 0.6) is 0 Å². The minimum Gasteiger partial charge on any atom is -0.348 e. The van der Waals surface area contributed by atoms with E-state index < -0.39 is 15.6 Å². The van der Waals surface area contributed by atoms with Crippen molar-refractivity contribution < 1.29 is 13.2 Å². The molecule has 1 unspecified atom stereocenters. The van der Waals surface area contributed by atoms with Crippen LogP contribution < -0.4 is 9.44 Å². The van der Waals surface area contributed by atoms with Crippen LogP contribution >= 0.6 is 0 Å². The first-order valence-corrected chi connectivity index (χ1v) is 9.50. The molecule has 3 N–H and O–H groups in total. The molecule has 0 amide bonds. The largest absolute Gasteiger partial charge is 0.348 e. The molecule has 0 radical (unpaired) electrons. The monoisotopic (exact) mass is 340 g/mol. The molecule has 2 aliphatic rings. The second kappa shape index (κ2) is 5.68. The summed E-state index contributed by atoms with van der Waals surface area (Å²) >= 11 is 0. The van der Waals surface area contributed by atoms with Crippen molar-refractivity contribution in [2.24, 2.45) is 16.7 Å². The van der Waals surface area contributed by atoms with Crippen molar-refractivity contribution in [3.05, 3.63) is 18.2 Å². The van der Waals surface area contributed by atoms with Gasteiger partial charge in [-0.25, -0.2) is 14.4 Å². The number of aromatic amines is 1. The summed E-state index contributed by atoms with van der Waals surface area (Å²) < 4.78 is 29.4. The summed E-state index contributed by atoms with van der Waals surface area (Å²) in [5.74, 6) is 0.590. The van der Waals surface area contributed by atoms with Gasteiger partial charge in [-0.3, -0.25) is 4.79 Å². The van der Waals surface area contributed by atoms with E-state index in [0.717, 1.165) is 18.5 Å². The van der Waals surface area contributed by atoms with Crippen molar-refractivity contribution in [1.29, 1.82) is 0 Å². The maximum absolute atomic E-state index is 12.4. The van der Waals surface area contributed by atoms with Crippen LogP contribution in [-0.2, 0) is 21.4 Å². The van der Waals surface area contributed by atoms with E-state index >= 15 is 0 Å². The number of carbonyl (C=O) groups is 1. The van der Waals surface area contributed by atoms with Gasteiger partial charge in [-0.05, 0) is 24.2 Å². The Morgan fingerprint density at radius 2 is 2.17 bits per heavy atom. The van der Waals surface area contributed by atoms with E-state index in [1.165, 1.54) is 0 Å². The smallest absolute Gasteiger partial charge is 0.276 e. The Balaban J connectivity index is 1.57. The summed E-state index contributed by atoms with van der Waals surface area (Å²) in [5.41, 5.74) is 0.190. The van der Waals surface area contributed by atoms with Crippen LogP contribution in [0.25, 0.3) is 0 Å². The van der Waals surface area contributed by atoms with E-state index in [-0.39, 0.29) is 24.3 Å². The minimum atomic E-state index is -3.61. The van der Waals surface area contributed by atoms with Crippen molar-refractivity contribution in [1.82, 2.24) is 19.4 Å². The Morgan fingerprint density at radius 1 is 1.39 bits per heavy atom. The van der Waals surface area contributed by atoms with Gasteiger partial charge in [0, 0.05) is 43.2 Å². The van der Waals surface area contributed by atoms with E-state index in [2.05, 4.69) is 33.3 Å². The Kier molecular flexibility index (Phi) is 4.10. The predicted octanol–water partition coefficient (Wildman–Crippen LogP) is 0.772. The minimum absolute atomic E-state index is 0.136. The molecule has 23 heavy (non-hydrogen) atoms. The number of ketones is 1. The summed E-state index contributed by atoms with van der Waals surface area (Å²) in [4.78, 5) is 19.2. The second-order valence-electron chi connectivity index (χ2n) is 7.21. The highest BCUT2D eigenvalue weighted by Crippen LogP contribution is 2.63. The molecule has 2 fully saturated rings. The molecule has 0 spiro atoms. The lowest BCUT2D eigenvalue weighted by Gasteiger charge is -2.36. The fourth-order valence-electron chi connectivity index (χ4n) is 4.20. The van der Waals surface area contributed by atoms with Crippen molar-refractivity contribution in [2.75, 3.05) is 13.1 Å². The van der Waals surface area contributed by atoms with E-state index in [9.17, 15) is 13.2 Å². The van der Waals surface area contributed by atoms with Gasteiger partial charge >= 0.3 is 0 Å². The standard InChI is InChI=1S/C15H24N4O3S/c1-14(2)11-3-5-15(14,13(20)7-11)9-19-23(21,22)18-6-4-12-8-16-10-17-12/h8,10-11,18-19H,3-7,9H2,1-2H3,(H,16,17)/t11?,15-/m1/s1. The molecule has 3 rings (SSSR count). The molecule has 2 saturated carbocycles. The van der Waals surface area contributed by atoms with Gasteiger partial charge in [0.05, 0.1) is 6.33 Å². The number of fused-ring (bicyclic) bond motifs is 2. The number of aromatic nitrogens is 2. The molecule has 2 aliphatic carbocycles. The molecule has 0 aliphatic heterocycles. The van der Waals surface area contributed by atoms with Gasteiger partial charge in [-0.2, -0.15) is 8.42 Å². The van der Waals surface area contributed by atoms with Crippen LogP contribution in [0.2, 0.25) is 0 Å². The average Bonchev–Trinajstić information content (AvgIpc) is 3.11. The number of nitrogens with one attached hydrogen (secondary N) is 3. The maximum Gasteiger partial charge on any atom is 0.276 e. The summed E-state index contributed by atoms with van der Waals surface area (Å²) in [6.45, 7) is 4.66. The number of Topliss-reactive ketones (excluding diaryl/α,β-unsaturated/α-hetero) is 1. The summed E-state index contributed by atoms with van der Waals surface area (Å²) in [7, 11) is -3.61. The highest BCUT2D eigenvalue weighted by molar-refractivity contribution is 7.87. The molecular formula is C15H24N4O3S. The van der Waals surface area contributed by atoms with E-state index in [4.69, 9.17) is 0 Å². The predicted molar refractivity (Wildman–Crippen MR) is 85.8 cm³/mol. The zero-order valence-electron chi connectivity index (χ0n) is 13.6. The van der Waals surface area contributed by atoms with Crippen LogP contribution in [0.4, 0.5) is 0 Å². The highest BCUT2D eigenvalue weighted by Gasteiger charge is 2.63. The first kappa shape index (κ1) is 16.6. The van der Waals surface area contributed by atoms with Gasteiger partial charge in [0.15, 0.2) is 0 Å². The van der Waals surface area contributed by atoms with Gasteiger partial charge in [0.1, 0.15) is 5.78 Å². The number of nitrogens with zero attached hydrogens (tertiary/aromatic N) is 1. The Morgan fingerprint density at radius 3 is 2.74 bits per heavy atom. The molecule has 1 aromatic rings. The number of H-pyrrole nitrogens is 1. The SMILES string of the molecule is CC1(C)C2CC[C@@]1(CNS(=O)(=O)NCCc1cnc[nH]1)C(=O)C2. The molecule has 1 heterocycles. The maximum atomic E-state index is 12.4. The lowest BCUT2D eigenvalue weighted by Crippen LogP contribution is -2.49. The first-order chi connectivity index (χ1) is 10.8. The molecule has 1 aromatic heterocycles. The zero-order valence-corrected chi connectivity index (χ0v) is 14.4. The second-order valence-corrected chi connectivity index (χ2v) is 8.80. The fourth-order valence-corrected chi connectivity index (χ4v) is 5.10. The van der Waals surface area contributed by atoms with E-state index in [1.54, 1.807) is 12.5 Å². The van der Waals surface area contributed by atoms with Gasteiger partial charge in [-0.1, -0.05) is 13.8 Å². The number of carbonyl (C=O) groups excluding carboxylic acids is 1. The molecule has 7 nitrogen and oxygen atoms in total. The van der Waals surface area contributed by atoms with Crippen LogP contribution in [0.1, 0.15) is 38.8 Å². The van der Waals surface area contributed by atoms with E-state index in [1.807, 2.05) is 0 Å². The number of hydrogen-bond donors (Lipinski definition) is 3. The van der Waals surface area contributed by atoms with Gasteiger partial charge in [0.2, 0.25) is 0 Å². The van der Waals surface area contributed by atoms with Crippen molar-refractivity contribution in [3.8, 4) is 0 Å². The van der Waals surface area contributed by atoms with Gasteiger partial charge in [0.25, 0.3) is 10.2 Å². The summed E-state index contributed by atoms with van der Waals surface area (Å²) in [6.07, 6.45) is 6.14. The third-order valence-electron chi connectivity index (χ3n) is 5.94. The Labute approximate surface area is 136 Å². The van der Waals surface area contributed by atoms with Gasteiger partial charge in [-0.15, -0.1) is 0 Å². The Bertz CT molecular complexity index is 684. The van der Waals surface area contributed by atoms with Crippen LogP contribution in [0, 0.1) is 16.7 Å². The molecular weight excluding hydrogens is 316 g/mol. The third-order valence-corrected chi connectivity index (χ3v) is 7.05. The molecule has 2 bridgehead atoms. The van der Waals surface area contributed by atoms with Gasteiger partial charge < -0.3 is 4.98 Å². The average molecular weight is 340 g/mol. The lowest BCUT2D eigenvalue weighted by atomic mass is 9.69. The first-order valence-electron chi connectivity index (χ1n) is 8.02. The van der Waals surface area contributed by atoms with Crippen molar-refractivity contribution in [2.45, 2.75) is 39.5 Å². The molecule has 128 valence electrons. The van der Waals surface area contributed by atoms with E-state index in [0.29, 0.717) is 18.8 Å². The Hall–Kier alpha value is -1.25. The topological polar surface area (TPSA) is 104 Å². The normalized spacial score (nSPS) is 29.3. The fraction of sp³-hybridized carbons (Fsp3) is 0.733. The summed E-state index contributed by atoms with van der Waals surface area (Å²) in [5, 5.41) is 0. The molecule has 0 aromatic carbocycles. The van der Waals surface area contributed by atoms with Crippen LogP contribution in [0.15, 0.2) is 12.5 Å².